The average molecular weight is 349 g/mol. The molecule has 3 nitrogen and oxygen atoms in total. The number of hydrogen-bond acceptors (Lipinski definition) is 3. The van der Waals surface area contributed by atoms with Crippen LogP contribution in [0.1, 0.15) is 83.3 Å². The van der Waals surface area contributed by atoms with Crippen molar-refractivity contribution in [1.29, 1.82) is 0 Å². The lowest BCUT2D eigenvalue weighted by atomic mass is 10.0. The van der Waals surface area contributed by atoms with Crippen molar-refractivity contribution in [3.8, 4) is 0 Å². The van der Waals surface area contributed by atoms with E-state index < -0.39 is 6.10 Å². The third-order valence-corrected chi connectivity index (χ3v) is 4.47. The molecule has 0 N–H and O–H groups in total. The van der Waals surface area contributed by atoms with Gasteiger partial charge in [-0.25, -0.2) is 4.79 Å². The normalized spacial score (nSPS) is 12.3. The summed E-state index contributed by atoms with van der Waals surface area (Å²) in [6.07, 6.45) is 10.7. The average Bonchev–Trinajstić information content (AvgIpc) is 2.61. The van der Waals surface area contributed by atoms with Crippen LogP contribution in [0.4, 0.5) is 0 Å². The Bertz CT molecular complexity index is 442. The second-order valence-electron chi connectivity index (χ2n) is 7.20. The van der Waals surface area contributed by atoms with Crippen LogP contribution < -0.4 is 0 Å². The monoisotopic (exact) mass is 348 g/mol. The summed E-state index contributed by atoms with van der Waals surface area (Å²) >= 11 is 0. The minimum Gasteiger partial charge on any atom is -0.464 e. The summed E-state index contributed by atoms with van der Waals surface area (Å²) in [5, 5.41) is 0. The number of carbonyl (C=O) groups excluding carboxylic acids is 1. The fourth-order valence-corrected chi connectivity index (χ4v) is 2.96. The summed E-state index contributed by atoms with van der Waals surface area (Å²) in [4.78, 5) is 12.1. The zero-order valence-electron chi connectivity index (χ0n) is 16.3. The predicted molar refractivity (Wildman–Crippen MR) is 104 cm³/mol. The van der Waals surface area contributed by atoms with E-state index in [-0.39, 0.29) is 5.97 Å². The number of rotatable bonds is 14. The van der Waals surface area contributed by atoms with Gasteiger partial charge in [0.15, 0.2) is 6.10 Å². The highest BCUT2D eigenvalue weighted by Crippen LogP contribution is 2.18. The molecule has 0 aliphatic carbocycles. The first-order valence-electron chi connectivity index (χ1n) is 9.89. The molecule has 3 heteroatoms. The lowest BCUT2D eigenvalue weighted by Crippen LogP contribution is -2.18. The number of carbonyl (C=O) groups is 1. The first kappa shape index (κ1) is 21.7. The molecule has 0 aromatic heterocycles. The number of unbranched alkanes of at least 4 members (excludes halogenated alkanes) is 7. The Morgan fingerprint density at radius 2 is 1.44 bits per heavy atom. The van der Waals surface area contributed by atoms with Crippen molar-refractivity contribution in [3.63, 3.8) is 0 Å². The number of ether oxygens (including phenoxy) is 2. The van der Waals surface area contributed by atoms with E-state index in [9.17, 15) is 4.79 Å². The maximum Gasteiger partial charge on any atom is 0.339 e. The van der Waals surface area contributed by atoms with E-state index in [1.165, 1.54) is 44.9 Å². The molecule has 142 valence electrons. The Kier molecular flexibility index (Phi) is 12.0. The van der Waals surface area contributed by atoms with Gasteiger partial charge >= 0.3 is 5.97 Å². The van der Waals surface area contributed by atoms with Crippen LogP contribution in [0, 0.1) is 5.92 Å². The summed E-state index contributed by atoms with van der Waals surface area (Å²) < 4.78 is 10.6. The molecular formula is C22H36O3. The molecule has 1 atom stereocenters. The standard InChI is InChI=1S/C22H36O3/c1-19(2)15-11-8-6-4-5-7-9-14-18-25-22(23)21(24-3)20-16-12-10-13-17-20/h10,12-13,16-17,19,21H,4-9,11,14-15,18H2,1-3H3. The second kappa shape index (κ2) is 13.9. The highest BCUT2D eigenvalue weighted by atomic mass is 16.6. The van der Waals surface area contributed by atoms with E-state index in [0.29, 0.717) is 6.61 Å². The molecule has 0 radical (unpaired) electrons. The maximum atomic E-state index is 12.1. The van der Waals surface area contributed by atoms with Gasteiger partial charge in [-0.15, -0.1) is 0 Å². The molecule has 25 heavy (non-hydrogen) atoms. The fourth-order valence-electron chi connectivity index (χ4n) is 2.96. The van der Waals surface area contributed by atoms with E-state index in [0.717, 1.165) is 24.3 Å². The number of benzene rings is 1. The topological polar surface area (TPSA) is 35.5 Å². The summed E-state index contributed by atoms with van der Waals surface area (Å²) in [7, 11) is 1.54. The third-order valence-electron chi connectivity index (χ3n) is 4.47. The van der Waals surface area contributed by atoms with Crippen molar-refractivity contribution in [3.05, 3.63) is 35.9 Å². The predicted octanol–water partition coefficient (Wildman–Crippen LogP) is 6.08. The van der Waals surface area contributed by atoms with E-state index in [2.05, 4.69) is 13.8 Å². The van der Waals surface area contributed by atoms with E-state index in [1.54, 1.807) is 7.11 Å². The Balaban J connectivity index is 2.01. The first-order valence-corrected chi connectivity index (χ1v) is 9.89. The Hall–Kier alpha value is -1.35. The van der Waals surface area contributed by atoms with Gasteiger partial charge in [-0.05, 0) is 17.9 Å². The van der Waals surface area contributed by atoms with Crippen LogP contribution in [0.15, 0.2) is 30.3 Å². The minimum absolute atomic E-state index is 0.293. The Labute approximate surface area is 154 Å². The van der Waals surface area contributed by atoms with Crippen LogP contribution in [0.25, 0.3) is 0 Å². The zero-order valence-corrected chi connectivity index (χ0v) is 16.3. The summed E-state index contributed by atoms with van der Waals surface area (Å²) in [6.45, 7) is 5.07. The highest BCUT2D eigenvalue weighted by Gasteiger charge is 2.21. The molecule has 1 unspecified atom stereocenters. The largest absolute Gasteiger partial charge is 0.464 e. The molecule has 1 aromatic rings. The van der Waals surface area contributed by atoms with E-state index in [1.807, 2.05) is 30.3 Å². The lowest BCUT2D eigenvalue weighted by Gasteiger charge is -2.14. The molecule has 0 saturated carbocycles. The highest BCUT2D eigenvalue weighted by molar-refractivity contribution is 5.76. The van der Waals surface area contributed by atoms with Crippen molar-refractivity contribution in [2.75, 3.05) is 13.7 Å². The van der Waals surface area contributed by atoms with Gasteiger partial charge in [-0.3, -0.25) is 0 Å². The molecule has 0 heterocycles. The summed E-state index contributed by atoms with van der Waals surface area (Å²) in [5.74, 6) is 0.543. The van der Waals surface area contributed by atoms with Crippen molar-refractivity contribution >= 4 is 5.97 Å². The first-order chi connectivity index (χ1) is 12.1. The molecule has 0 saturated heterocycles. The summed E-state index contributed by atoms with van der Waals surface area (Å²) in [6, 6.07) is 9.49. The van der Waals surface area contributed by atoms with Gasteiger partial charge < -0.3 is 9.47 Å². The molecular weight excluding hydrogens is 312 g/mol. The maximum absolute atomic E-state index is 12.1. The Morgan fingerprint density at radius 3 is 2.00 bits per heavy atom. The SMILES string of the molecule is COC(C(=O)OCCCCCCCCCCC(C)C)c1ccccc1. The smallest absolute Gasteiger partial charge is 0.339 e. The Morgan fingerprint density at radius 1 is 0.880 bits per heavy atom. The molecule has 0 spiro atoms. The summed E-state index contributed by atoms with van der Waals surface area (Å²) in [5.41, 5.74) is 0.840. The van der Waals surface area contributed by atoms with Crippen LogP contribution in [-0.4, -0.2) is 19.7 Å². The van der Waals surface area contributed by atoms with E-state index in [4.69, 9.17) is 9.47 Å². The molecule has 0 aliphatic rings. The molecule has 1 aromatic carbocycles. The van der Waals surface area contributed by atoms with Crippen LogP contribution in [-0.2, 0) is 14.3 Å². The van der Waals surface area contributed by atoms with Gasteiger partial charge in [0.05, 0.1) is 6.61 Å². The van der Waals surface area contributed by atoms with Gasteiger partial charge in [0.1, 0.15) is 0 Å². The minimum atomic E-state index is -0.618. The van der Waals surface area contributed by atoms with Gasteiger partial charge in [0.25, 0.3) is 0 Å². The van der Waals surface area contributed by atoms with Gasteiger partial charge in [-0.2, -0.15) is 0 Å². The quantitative estimate of drug-likeness (QED) is 0.302. The number of esters is 1. The third kappa shape index (κ3) is 10.3. The van der Waals surface area contributed by atoms with Crippen LogP contribution in [0.5, 0.6) is 0 Å². The van der Waals surface area contributed by atoms with Crippen LogP contribution in [0.3, 0.4) is 0 Å². The molecule has 0 bridgehead atoms. The van der Waals surface area contributed by atoms with Gasteiger partial charge in [0.2, 0.25) is 0 Å². The van der Waals surface area contributed by atoms with Gasteiger partial charge in [-0.1, -0.05) is 95.5 Å². The van der Waals surface area contributed by atoms with Crippen molar-refractivity contribution in [2.45, 2.75) is 77.7 Å². The number of methoxy groups -OCH3 is 1. The van der Waals surface area contributed by atoms with Crippen molar-refractivity contribution in [1.82, 2.24) is 0 Å². The second-order valence-corrected chi connectivity index (χ2v) is 7.20. The van der Waals surface area contributed by atoms with Crippen LogP contribution >= 0.6 is 0 Å². The van der Waals surface area contributed by atoms with Crippen molar-refractivity contribution in [2.24, 2.45) is 5.92 Å². The molecule has 0 aliphatic heterocycles. The van der Waals surface area contributed by atoms with Crippen LogP contribution in [0.2, 0.25) is 0 Å². The fraction of sp³-hybridized carbons (Fsp3) is 0.682. The van der Waals surface area contributed by atoms with Gasteiger partial charge in [0, 0.05) is 7.11 Å². The lowest BCUT2D eigenvalue weighted by molar-refractivity contribution is -0.156. The van der Waals surface area contributed by atoms with Crippen molar-refractivity contribution < 1.29 is 14.3 Å². The molecule has 0 fully saturated rings. The number of hydrogen-bond donors (Lipinski definition) is 0. The molecule has 1 rings (SSSR count). The zero-order chi connectivity index (χ0) is 18.3. The molecule has 0 amide bonds. The van der Waals surface area contributed by atoms with E-state index >= 15 is 0 Å².